The number of allylic oxidation sites excluding steroid dienone is 1. The van der Waals surface area contributed by atoms with Crippen LogP contribution in [0.1, 0.15) is 19.2 Å². The lowest BCUT2D eigenvalue weighted by Gasteiger charge is -2.44. The molecule has 2 saturated heterocycles. The molecule has 0 radical (unpaired) electrons. The van der Waals surface area contributed by atoms with Gasteiger partial charge >= 0.3 is 5.97 Å². The Labute approximate surface area is 154 Å². The van der Waals surface area contributed by atoms with Crippen LogP contribution in [-0.2, 0) is 22.4 Å². The molecule has 9 heteroatoms. The third-order valence-corrected chi connectivity index (χ3v) is 8.16. The molecular formula is C16H21N3O4S2. The van der Waals surface area contributed by atoms with E-state index < -0.39 is 28.1 Å². The molecule has 3 heterocycles. The highest BCUT2D eigenvalue weighted by molar-refractivity contribution is 8.18. The van der Waals surface area contributed by atoms with E-state index in [4.69, 9.17) is 0 Å². The molecule has 2 N–H and O–H groups in total. The van der Waals surface area contributed by atoms with Crippen molar-refractivity contribution in [3.8, 4) is 0 Å². The van der Waals surface area contributed by atoms with Gasteiger partial charge in [-0.2, -0.15) is 0 Å². The average molecular weight is 383 g/mol. The van der Waals surface area contributed by atoms with Crippen LogP contribution in [-0.4, -0.2) is 58.1 Å². The number of carbonyl (C=O) groups is 2. The van der Waals surface area contributed by atoms with Crippen molar-refractivity contribution >= 4 is 35.4 Å². The standard InChI is InChI=1S/C16H21N3O4S2/c1-4-5-16(24-8-10-17-6-7-18(10)3)12(15(22)23)19-13(21)11(9(2)20)14(19)25-16/h4,6-7,9,11-12,14,20H,1,5,8H2,2-3H3,(H,22,23)/t9?,11?,12?,14-,16?/m1/s1. The minimum absolute atomic E-state index is 0.288. The largest absolute Gasteiger partial charge is 0.480 e. The zero-order chi connectivity index (χ0) is 18.4. The highest BCUT2D eigenvalue weighted by Gasteiger charge is 2.67. The zero-order valence-corrected chi connectivity index (χ0v) is 15.7. The van der Waals surface area contributed by atoms with E-state index in [9.17, 15) is 19.8 Å². The molecule has 2 aliphatic heterocycles. The van der Waals surface area contributed by atoms with Gasteiger partial charge in [-0.1, -0.05) is 6.08 Å². The Morgan fingerprint density at radius 3 is 2.88 bits per heavy atom. The maximum atomic E-state index is 12.4. The van der Waals surface area contributed by atoms with Crippen LogP contribution in [0, 0.1) is 5.92 Å². The molecule has 0 aromatic carbocycles. The minimum atomic E-state index is -1.03. The van der Waals surface area contributed by atoms with E-state index in [1.807, 2.05) is 17.8 Å². The average Bonchev–Trinajstić information content (AvgIpc) is 3.05. The number of carboxylic acid groups (broad SMARTS) is 1. The van der Waals surface area contributed by atoms with E-state index in [-0.39, 0.29) is 11.3 Å². The van der Waals surface area contributed by atoms with E-state index in [0.717, 1.165) is 5.82 Å². The van der Waals surface area contributed by atoms with Crippen LogP contribution in [0.25, 0.3) is 0 Å². The van der Waals surface area contributed by atoms with Crippen molar-refractivity contribution in [1.29, 1.82) is 0 Å². The zero-order valence-electron chi connectivity index (χ0n) is 14.0. The maximum absolute atomic E-state index is 12.4. The van der Waals surface area contributed by atoms with Gasteiger partial charge in [0.15, 0.2) is 6.04 Å². The fraction of sp³-hybridized carbons (Fsp3) is 0.562. The van der Waals surface area contributed by atoms with Gasteiger partial charge in [0, 0.05) is 19.4 Å². The SMILES string of the molecule is C=CCC1(SCc2nccn2C)S[C@@H]2C(C(C)O)C(=O)N2C1C(=O)O. The quantitative estimate of drug-likeness (QED) is 0.541. The molecular weight excluding hydrogens is 362 g/mol. The first-order chi connectivity index (χ1) is 11.8. The number of aliphatic carboxylic acids is 1. The Bertz CT molecular complexity index is 707. The molecule has 0 saturated carbocycles. The number of fused-ring (bicyclic) bond motifs is 1. The molecule has 0 bridgehead atoms. The maximum Gasteiger partial charge on any atom is 0.328 e. The summed E-state index contributed by atoms with van der Waals surface area (Å²) in [5, 5.41) is 19.4. The Morgan fingerprint density at radius 1 is 1.64 bits per heavy atom. The predicted octanol–water partition coefficient (Wildman–Crippen LogP) is 1.29. The number of amides is 1. The normalized spacial score (nSPS) is 32.2. The lowest BCUT2D eigenvalue weighted by molar-refractivity contribution is -0.167. The Kier molecular flexibility index (Phi) is 4.91. The van der Waals surface area contributed by atoms with Crippen molar-refractivity contribution in [1.82, 2.24) is 14.5 Å². The van der Waals surface area contributed by atoms with E-state index in [1.54, 1.807) is 19.2 Å². The smallest absolute Gasteiger partial charge is 0.328 e. The summed E-state index contributed by atoms with van der Waals surface area (Å²) < 4.78 is 1.14. The second-order valence-electron chi connectivity index (χ2n) is 6.31. The molecule has 2 fully saturated rings. The molecule has 5 atom stereocenters. The summed E-state index contributed by atoms with van der Waals surface area (Å²) in [6.07, 6.45) is 4.88. The van der Waals surface area contributed by atoms with Crippen LogP contribution >= 0.6 is 23.5 Å². The number of hydrogen-bond acceptors (Lipinski definition) is 6. The molecule has 0 spiro atoms. The summed E-state index contributed by atoms with van der Waals surface area (Å²) in [6, 6.07) is -0.951. The Hall–Kier alpha value is -1.45. The fourth-order valence-electron chi connectivity index (χ4n) is 3.40. The topological polar surface area (TPSA) is 95.7 Å². The van der Waals surface area contributed by atoms with Gasteiger partial charge in [-0.3, -0.25) is 4.79 Å². The number of nitrogens with zero attached hydrogens (tertiary/aromatic N) is 3. The van der Waals surface area contributed by atoms with E-state index in [0.29, 0.717) is 12.2 Å². The molecule has 1 aromatic heterocycles. The van der Waals surface area contributed by atoms with Crippen LogP contribution in [0.15, 0.2) is 25.0 Å². The van der Waals surface area contributed by atoms with Gasteiger partial charge < -0.3 is 19.7 Å². The number of imidazole rings is 1. The highest BCUT2D eigenvalue weighted by atomic mass is 32.2. The number of β-lactam (4-membered cyclic amide) rings is 1. The molecule has 136 valence electrons. The number of carbonyl (C=O) groups excluding carboxylic acids is 1. The van der Waals surface area contributed by atoms with Crippen molar-refractivity contribution < 1.29 is 19.8 Å². The summed E-state index contributed by atoms with van der Waals surface area (Å²) in [7, 11) is 1.89. The van der Waals surface area contributed by atoms with Crippen molar-refractivity contribution in [2.24, 2.45) is 13.0 Å². The predicted molar refractivity (Wildman–Crippen MR) is 96.9 cm³/mol. The molecule has 1 aromatic rings. The van der Waals surface area contributed by atoms with Crippen LogP contribution in [0.3, 0.4) is 0 Å². The van der Waals surface area contributed by atoms with E-state index >= 15 is 0 Å². The first kappa shape index (κ1) is 18.3. The van der Waals surface area contributed by atoms with Gasteiger partial charge in [0.05, 0.1) is 27.2 Å². The number of carboxylic acids is 1. The summed E-state index contributed by atoms with van der Waals surface area (Å²) in [5.74, 6) is -0.495. The third kappa shape index (κ3) is 2.88. The van der Waals surface area contributed by atoms with Crippen molar-refractivity contribution in [3.05, 3.63) is 30.9 Å². The van der Waals surface area contributed by atoms with Crippen molar-refractivity contribution in [2.75, 3.05) is 0 Å². The number of hydrogen-bond donors (Lipinski definition) is 2. The highest BCUT2D eigenvalue weighted by Crippen LogP contribution is 2.60. The van der Waals surface area contributed by atoms with Crippen LogP contribution < -0.4 is 0 Å². The first-order valence-corrected chi connectivity index (χ1v) is 9.81. The number of thioether (sulfide) groups is 2. The second kappa shape index (κ2) is 6.69. The molecule has 7 nitrogen and oxygen atoms in total. The molecule has 0 aliphatic carbocycles. The number of aromatic nitrogens is 2. The van der Waals surface area contributed by atoms with Crippen molar-refractivity contribution in [3.63, 3.8) is 0 Å². The van der Waals surface area contributed by atoms with Gasteiger partial charge in [-0.05, 0) is 13.3 Å². The minimum Gasteiger partial charge on any atom is -0.480 e. The monoisotopic (exact) mass is 383 g/mol. The van der Waals surface area contributed by atoms with E-state index in [2.05, 4.69) is 11.6 Å². The molecule has 3 rings (SSSR count). The first-order valence-electron chi connectivity index (χ1n) is 7.94. The molecule has 25 heavy (non-hydrogen) atoms. The molecule has 2 aliphatic rings. The second-order valence-corrected chi connectivity index (χ2v) is 9.32. The number of rotatable bonds is 7. The summed E-state index contributed by atoms with van der Waals surface area (Å²) >= 11 is 2.94. The van der Waals surface area contributed by atoms with Crippen LogP contribution in [0.5, 0.6) is 0 Å². The van der Waals surface area contributed by atoms with Gasteiger partial charge in [0.25, 0.3) is 0 Å². The number of aliphatic hydroxyl groups excluding tert-OH is 1. The number of aryl methyl sites for hydroxylation is 1. The van der Waals surface area contributed by atoms with E-state index in [1.165, 1.54) is 28.4 Å². The Balaban J connectivity index is 1.90. The van der Waals surface area contributed by atoms with Crippen LogP contribution in [0.4, 0.5) is 0 Å². The van der Waals surface area contributed by atoms with Gasteiger partial charge in [0.1, 0.15) is 5.82 Å². The van der Waals surface area contributed by atoms with Gasteiger partial charge in [-0.25, -0.2) is 9.78 Å². The Morgan fingerprint density at radius 2 is 2.36 bits per heavy atom. The van der Waals surface area contributed by atoms with Gasteiger partial charge in [-0.15, -0.1) is 30.1 Å². The summed E-state index contributed by atoms with van der Waals surface area (Å²) in [4.78, 5) is 30.1. The van der Waals surface area contributed by atoms with Crippen molar-refractivity contribution in [2.45, 2.75) is 40.7 Å². The lowest BCUT2D eigenvalue weighted by atomic mass is 9.90. The summed E-state index contributed by atoms with van der Waals surface area (Å²) in [5.41, 5.74) is 0. The lowest BCUT2D eigenvalue weighted by Crippen LogP contribution is -2.65. The molecule has 4 unspecified atom stereocenters. The van der Waals surface area contributed by atoms with Gasteiger partial charge in [0.2, 0.25) is 5.91 Å². The third-order valence-electron chi connectivity index (χ3n) is 4.69. The number of aliphatic hydroxyl groups is 1. The summed E-state index contributed by atoms with van der Waals surface area (Å²) in [6.45, 7) is 5.35. The van der Waals surface area contributed by atoms with Crippen LogP contribution in [0.2, 0.25) is 0 Å². The molecule has 1 amide bonds. The fourth-order valence-corrected chi connectivity index (χ4v) is 7.20.